The molecule has 0 N–H and O–H groups in total. The predicted octanol–water partition coefficient (Wildman–Crippen LogP) is 5.60. The average molecular weight is 476 g/mol. The van der Waals surface area contributed by atoms with Crippen molar-refractivity contribution in [3.05, 3.63) is 104 Å². The van der Waals surface area contributed by atoms with E-state index >= 15 is 0 Å². The van der Waals surface area contributed by atoms with E-state index < -0.39 is 6.04 Å². The topological polar surface area (TPSA) is 69.0 Å². The zero-order valence-electron chi connectivity index (χ0n) is 18.7. The third-order valence-corrected chi connectivity index (χ3v) is 6.19. The number of carbonyl (C=O) groups is 1. The van der Waals surface area contributed by atoms with Gasteiger partial charge in [-0.2, -0.15) is 0 Å². The summed E-state index contributed by atoms with van der Waals surface area (Å²) in [6, 6.07) is 19.0. The van der Waals surface area contributed by atoms with E-state index in [-0.39, 0.29) is 23.6 Å². The van der Waals surface area contributed by atoms with Gasteiger partial charge in [-0.15, -0.1) is 0 Å². The van der Waals surface area contributed by atoms with E-state index in [1.54, 1.807) is 54.5 Å². The van der Waals surface area contributed by atoms with Gasteiger partial charge in [0.25, 0.3) is 5.91 Å². The van der Waals surface area contributed by atoms with Crippen LogP contribution in [0, 0.1) is 0 Å². The average Bonchev–Trinajstić information content (AvgIpc) is 3.13. The minimum absolute atomic E-state index is 0.0653. The van der Waals surface area contributed by atoms with Crippen LogP contribution in [0.2, 0.25) is 5.02 Å². The summed E-state index contributed by atoms with van der Waals surface area (Å²) in [4.78, 5) is 28.8. The second-order valence-corrected chi connectivity index (χ2v) is 8.41. The molecule has 1 aromatic heterocycles. The molecule has 0 spiro atoms. The van der Waals surface area contributed by atoms with E-state index in [1.807, 2.05) is 31.2 Å². The van der Waals surface area contributed by atoms with E-state index in [9.17, 15) is 9.59 Å². The highest BCUT2D eigenvalue weighted by molar-refractivity contribution is 6.30. The monoisotopic (exact) mass is 475 g/mol. The molecule has 0 radical (unpaired) electrons. The van der Waals surface area contributed by atoms with Crippen molar-refractivity contribution in [1.82, 2.24) is 4.90 Å². The SMILES string of the molecule is CCOc1ccc(C2c3c(oc4ccccc4c3=O)C(=O)N2Cc2ccc(Cl)cc2)cc1OC. The Morgan fingerprint density at radius 3 is 2.50 bits per heavy atom. The quantitative estimate of drug-likeness (QED) is 0.363. The van der Waals surface area contributed by atoms with Gasteiger partial charge in [-0.05, 0) is 54.4 Å². The van der Waals surface area contributed by atoms with Gasteiger partial charge in [0.1, 0.15) is 5.58 Å². The van der Waals surface area contributed by atoms with E-state index in [2.05, 4.69) is 0 Å². The van der Waals surface area contributed by atoms with Crippen LogP contribution < -0.4 is 14.9 Å². The van der Waals surface area contributed by atoms with Crippen molar-refractivity contribution in [3.8, 4) is 11.5 Å². The maximum atomic E-state index is 13.6. The highest BCUT2D eigenvalue weighted by Gasteiger charge is 2.43. The maximum Gasteiger partial charge on any atom is 0.291 e. The Morgan fingerprint density at radius 1 is 1.00 bits per heavy atom. The molecule has 0 bridgehead atoms. The van der Waals surface area contributed by atoms with E-state index in [1.165, 1.54) is 0 Å². The van der Waals surface area contributed by atoms with Gasteiger partial charge in [-0.1, -0.05) is 41.9 Å². The van der Waals surface area contributed by atoms with Gasteiger partial charge in [0.05, 0.1) is 30.7 Å². The Labute approximate surface area is 201 Å². The largest absolute Gasteiger partial charge is 0.493 e. The van der Waals surface area contributed by atoms with Crippen molar-refractivity contribution in [1.29, 1.82) is 0 Å². The van der Waals surface area contributed by atoms with Gasteiger partial charge in [0.2, 0.25) is 5.76 Å². The second-order valence-electron chi connectivity index (χ2n) is 7.98. The smallest absolute Gasteiger partial charge is 0.291 e. The summed E-state index contributed by atoms with van der Waals surface area (Å²) in [7, 11) is 1.56. The molecule has 6 nitrogen and oxygen atoms in total. The molecule has 7 heteroatoms. The lowest BCUT2D eigenvalue weighted by molar-refractivity contribution is 0.0714. The molecule has 172 valence electrons. The van der Waals surface area contributed by atoms with Crippen molar-refractivity contribution >= 4 is 28.5 Å². The minimum Gasteiger partial charge on any atom is -0.493 e. The third kappa shape index (κ3) is 3.70. The standard InChI is InChI=1S/C27H22ClNO5/c1-3-33-21-13-10-17(14-22(21)32-2)24-23-25(30)19-6-4-5-7-20(19)34-26(23)27(31)29(24)15-16-8-11-18(28)12-9-16/h4-14,24H,3,15H2,1-2H3. The molecule has 34 heavy (non-hydrogen) atoms. The van der Waals surface area contributed by atoms with Crippen LogP contribution in [0.5, 0.6) is 11.5 Å². The number of nitrogens with zero attached hydrogens (tertiary/aromatic N) is 1. The molecule has 0 aliphatic carbocycles. The number of hydrogen-bond acceptors (Lipinski definition) is 5. The molecule has 1 atom stereocenters. The first kappa shape index (κ1) is 22.0. The molecule has 1 amide bonds. The lowest BCUT2D eigenvalue weighted by atomic mass is 9.97. The summed E-state index contributed by atoms with van der Waals surface area (Å²) in [5.41, 5.74) is 2.09. The van der Waals surface area contributed by atoms with E-state index in [0.717, 1.165) is 11.1 Å². The van der Waals surface area contributed by atoms with Crippen LogP contribution in [-0.4, -0.2) is 24.5 Å². The first-order valence-electron chi connectivity index (χ1n) is 10.9. The van der Waals surface area contributed by atoms with Crippen LogP contribution in [0.25, 0.3) is 11.0 Å². The van der Waals surface area contributed by atoms with Crippen LogP contribution in [-0.2, 0) is 6.54 Å². The number of hydrogen-bond donors (Lipinski definition) is 0. The predicted molar refractivity (Wildman–Crippen MR) is 130 cm³/mol. The van der Waals surface area contributed by atoms with Crippen LogP contribution in [0.1, 0.15) is 40.2 Å². The van der Waals surface area contributed by atoms with Gasteiger partial charge in [-0.3, -0.25) is 9.59 Å². The molecule has 0 saturated heterocycles. The summed E-state index contributed by atoms with van der Waals surface area (Å²) in [5, 5.41) is 1.04. The molecule has 0 fully saturated rings. The number of carbonyl (C=O) groups excluding carboxylic acids is 1. The van der Waals surface area contributed by atoms with Gasteiger partial charge >= 0.3 is 0 Å². The summed E-state index contributed by atoms with van der Waals surface area (Å²) >= 11 is 6.05. The lowest BCUT2D eigenvalue weighted by Crippen LogP contribution is -2.29. The summed E-state index contributed by atoms with van der Waals surface area (Å²) in [6.07, 6.45) is 0. The fourth-order valence-corrected chi connectivity index (χ4v) is 4.52. The molecular weight excluding hydrogens is 454 g/mol. The first-order chi connectivity index (χ1) is 16.5. The Kier molecular flexibility index (Phi) is 5.75. The molecule has 1 aliphatic heterocycles. The number of methoxy groups -OCH3 is 1. The fraction of sp³-hybridized carbons (Fsp3) is 0.185. The summed E-state index contributed by atoms with van der Waals surface area (Å²) in [6.45, 7) is 2.65. The van der Waals surface area contributed by atoms with Crippen LogP contribution >= 0.6 is 11.6 Å². The number of halogens is 1. The summed E-state index contributed by atoms with van der Waals surface area (Å²) < 4.78 is 17.2. The zero-order valence-corrected chi connectivity index (χ0v) is 19.5. The molecule has 2 heterocycles. The first-order valence-corrected chi connectivity index (χ1v) is 11.3. The van der Waals surface area contributed by atoms with E-state index in [0.29, 0.717) is 39.7 Å². The van der Waals surface area contributed by atoms with Gasteiger partial charge < -0.3 is 18.8 Å². The van der Waals surface area contributed by atoms with Crippen molar-refractivity contribution in [2.24, 2.45) is 0 Å². The molecule has 0 saturated carbocycles. The molecule has 4 aromatic rings. The Bertz CT molecular complexity index is 1440. The van der Waals surface area contributed by atoms with Crippen molar-refractivity contribution in [2.75, 3.05) is 13.7 Å². The molecular formula is C27H22ClNO5. The van der Waals surface area contributed by atoms with Gasteiger partial charge in [-0.25, -0.2) is 0 Å². The van der Waals surface area contributed by atoms with Crippen molar-refractivity contribution < 1.29 is 18.7 Å². The number of rotatable bonds is 6. The zero-order chi connectivity index (χ0) is 23.8. The normalized spacial score (nSPS) is 15.0. The molecule has 1 aliphatic rings. The molecule has 1 unspecified atom stereocenters. The number of fused-ring (bicyclic) bond motifs is 2. The summed E-state index contributed by atoms with van der Waals surface area (Å²) in [5.74, 6) is 0.839. The van der Waals surface area contributed by atoms with Crippen LogP contribution in [0.3, 0.4) is 0 Å². The number of benzene rings is 3. The van der Waals surface area contributed by atoms with Crippen molar-refractivity contribution in [2.45, 2.75) is 19.5 Å². The highest BCUT2D eigenvalue weighted by atomic mass is 35.5. The van der Waals surface area contributed by atoms with Crippen LogP contribution in [0.4, 0.5) is 0 Å². The number of amides is 1. The lowest BCUT2D eigenvalue weighted by Gasteiger charge is -2.26. The van der Waals surface area contributed by atoms with Gasteiger partial charge in [0, 0.05) is 11.6 Å². The molecule has 5 rings (SSSR count). The van der Waals surface area contributed by atoms with Crippen LogP contribution in [0.15, 0.2) is 75.9 Å². The minimum atomic E-state index is -0.649. The molecule has 3 aromatic carbocycles. The Morgan fingerprint density at radius 2 is 1.76 bits per heavy atom. The van der Waals surface area contributed by atoms with Gasteiger partial charge in [0.15, 0.2) is 16.9 Å². The third-order valence-electron chi connectivity index (χ3n) is 5.94. The number of ether oxygens (including phenoxy) is 2. The van der Waals surface area contributed by atoms with E-state index in [4.69, 9.17) is 25.5 Å². The Balaban J connectivity index is 1.70. The number of para-hydroxylation sites is 1. The maximum absolute atomic E-state index is 13.6. The second kappa shape index (κ2) is 8.88. The Hall–Kier alpha value is -3.77. The van der Waals surface area contributed by atoms with Crippen molar-refractivity contribution in [3.63, 3.8) is 0 Å². The fourth-order valence-electron chi connectivity index (χ4n) is 4.39. The highest BCUT2D eigenvalue weighted by Crippen LogP contribution is 2.41.